The summed E-state index contributed by atoms with van der Waals surface area (Å²) < 4.78 is 7.08. The second-order valence-corrected chi connectivity index (χ2v) is 6.97. The van der Waals surface area contributed by atoms with E-state index in [1.54, 1.807) is 41.3 Å². The molecule has 1 aliphatic rings. The maximum absolute atomic E-state index is 10.9. The number of ether oxygens (including phenoxy) is 1. The van der Waals surface area contributed by atoms with Gasteiger partial charge in [-0.15, -0.1) is 0 Å². The Balaban J connectivity index is 1.75. The standard InChI is InChI=1S/C18H15Cl2N7O3/c1-30-18(7-14(22-9-23-18)24-17(28)29)25-16-10-8-27(26-13(10)5-6-21-16)15-11(19)3-2-4-12(15)20/h2-9,24H,1H3,(H,21,25)(H,22,23)(H,28,29). The van der Waals surface area contributed by atoms with Crippen molar-refractivity contribution in [2.45, 2.75) is 5.85 Å². The molecule has 0 spiro atoms. The number of aromatic nitrogens is 3. The lowest BCUT2D eigenvalue weighted by Crippen LogP contribution is -2.44. The fraction of sp³-hybridized carbons (Fsp3) is 0.111. The molecule has 0 bridgehead atoms. The molecule has 2 aromatic heterocycles. The quantitative estimate of drug-likeness (QED) is 0.442. The normalized spacial score (nSPS) is 18.0. The van der Waals surface area contributed by atoms with Crippen molar-refractivity contribution in [3.8, 4) is 5.69 Å². The van der Waals surface area contributed by atoms with Crippen LogP contribution in [0.2, 0.25) is 10.0 Å². The Morgan fingerprint density at radius 2 is 2.07 bits per heavy atom. The monoisotopic (exact) mass is 447 g/mol. The van der Waals surface area contributed by atoms with Crippen LogP contribution in [0.25, 0.3) is 16.6 Å². The fourth-order valence-corrected chi connectivity index (χ4v) is 3.50. The molecular weight excluding hydrogens is 433 g/mol. The minimum atomic E-state index is -1.39. The van der Waals surface area contributed by atoms with Crippen molar-refractivity contribution in [3.63, 3.8) is 0 Å². The zero-order valence-corrected chi connectivity index (χ0v) is 16.9. The van der Waals surface area contributed by atoms with Gasteiger partial charge in [-0.3, -0.25) is 5.32 Å². The summed E-state index contributed by atoms with van der Waals surface area (Å²) in [6.07, 6.45) is 4.83. The van der Waals surface area contributed by atoms with Crippen LogP contribution in [-0.2, 0) is 4.74 Å². The number of hydrogen-bond donors (Lipinski definition) is 4. The van der Waals surface area contributed by atoms with Gasteiger partial charge in [-0.2, -0.15) is 5.10 Å². The number of pyridine rings is 1. The Bertz CT molecular complexity index is 1170. The van der Waals surface area contributed by atoms with E-state index in [0.717, 1.165) is 0 Å². The van der Waals surface area contributed by atoms with Crippen LogP contribution in [-0.4, -0.2) is 45.3 Å². The highest BCUT2D eigenvalue weighted by atomic mass is 35.5. The highest BCUT2D eigenvalue weighted by Crippen LogP contribution is 2.31. The lowest BCUT2D eigenvalue weighted by Gasteiger charge is -2.30. The van der Waals surface area contributed by atoms with Gasteiger partial charge < -0.3 is 20.5 Å². The van der Waals surface area contributed by atoms with Crippen molar-refractivity contribution in [3.05, 3.63) is 58.6 Å². The predicted molar refractivity (Wildman–Crippen MR) is 113 cm³/mol. The van der Waals surface area contributed by atoms with E-state index in [2.05, 4.69) is 31.0 Å². The Kier molecular flexibility index (Phi) is 5.20. The second kappa shape index (κ2) is 7.82. The van der Waals surface area contributed by atoms with E-state index in [4.69, 9.17) is 33.0 Å². The van der Waals surface area contributed by atoms with E-state index >= 15 is 0 Å². The van der Waals surface area contributed by atoms with Crippen LogP contribution in [0, 0.1) is 0 Å². The van der Waals surface area contributed by atoms with Gasteiger partial charge >= 0.3 is 6.09 Å². The Labute approximate surface area is 180 Å². The topological polar surface area (TPSA) is 126 Å². The Morgan fingerprint density at radius 1 is 1.30 bits per heavy atom. The number of carbonyl (C=O) groups is 1. The summed E-state index contributed by atoms with van der Waals surface area (Å²) in [6, 6.07) is 6.93. The molecule has 1 aromatic carbocycles. The Hall–Kier alpha value is -3.34. The Morgan fingerprint density at radius 3 is 2.77 bits per heavy atom. The molecule has 1 aliphatic heterocycles. The van der Waals surface area contributed by atoms with Gasteiger partial charge in [0.05, 0.1) is 27.3 Å². The van der Waals surface area contributed by atoms with E-state index in [-0.39, 0.29) is 5.82 Å². The third-order valence-corrected chi connectivity index (χ3v) is 4.88. The summed E-state index contributed by atoms with van der Waals surface area (Å²) in [5.41, 5.74) is 1.16. The summed E-state index contributed by atoms with van der Waals surface area (Å²) in [5, 5.41) is 23.0. The first-order chi connectivity index (χ1) is 14.4. The number of hydrogen-bond acceptors (Lipinski definition) is 7. The smallest absolute Gasteiger partial charge is 0.410 e. The molecule has 0 radical (unpaired) electrons. The highest BCUT2D eigenvalue weighted by Gasteiger charge is 2.31. The van der Waals surface area contributed by atoms with Gasteiger partial charge in [-0.05, 0) is 18.2 Å². The zero-order chi connectivity index (χ0) is 21.3. The number of aliphatic imine (C=N–C) groups is 1. The van der Waals surface area contributed by atoms with Crippen LogP contribution in [0.4, 0.5) is 10.6 Å². The third-order valence-electron chi connectivity index (χ3n) is 4.27. The summed E-state index contributed by atoms with van der Waals surface area (Å²) >= 11 is 12.6. The van der Waals surface area contributed by atoms with Crippen molar-refractivity contribution in [1.29, 1.82) is 0 Å². The second-order valence-electron chi connectivity index (χ2n) is 6.15. The molecule has 4 rings (SSSR count). The summed E-state index contributed by atoms with van der Waals surface area (Å²) in [7, 11) is 1.43. The van der Waals surface area contributed by atoms with Crippen molar-refractivity contribution < 1.29 is 14.6 Å². The number of anilines is 1. The van der Waals surface area contributed by atoms with Crippen molar-refractivity contribution in [2.75, 3.05) is 12.4 Å². The van der Waals surface area contributed by atoms with Gasteiger partial charge in [-0.25, -0.2) is 19.5 Å². The van der Waals surface area contributed by atoms with Crippen LogP contribution in [0.1, 0.15) is 0 Å². The number of amides is 1. The number of methoxy groups -OCH3 is 1. The van der Waals surface area contributed by atoms with E-state index in [9.17, 15) is 4.79 Å². The molecule has 154 valence electrons. The minimum Gasteiger partial charge on any atom is -0.465 e. The number of para-hydroxylation sites is 1. The molecule has 12 heteroatoms. The van der Waals surface area contributed by atoms with Crippen LogP contribution in [0.5, 0.6) is 0 Å². The molecule has 0 saturated carbocycles. The number of nitrogens with zero attached hydrogens (tertiary/aromatic N) is 4. The molecule has 3 aromatic rings. The van der Waals surface area contributed by atoms with Gasteiger partial charge in [0.15, 0.2) is 0 Å². The summed E-state index contributed by atoms with van der Waals surface area (Å²) in [4.78, 5) is 19.6. The number of carboxylic acid groups (broad SMARTS) is 1. The van der Waals surface area contributed by atoms with E-state index < -0.39 is 11.9 Å². The molecule has 0 saturated heterocycles. The molecule has 30 heavy (non-hydrogen) atoms. The van der Waals surface area contributed by atoms with Crippen LogP contribution < -0.4 is 16.0 Å². The van der Waals surface area contributed by atoms with Crippen molar-refractivity contribution in [1.82, 2.24) is 25.4 Å². The molecule has 0 fully saturated rings. The lowest BCUT2D eigenvalue weighted by atomic mass is 10.2. The van der Waals surface area contributed by atoms with Gasteiger partial charge in [-0.1, -0.05) is 29.3 Å². The van der Waals surface area contributed by atoms with Crippen LogP contribution in [0.3, 0.4) is 0 Å². The van der Waals surface area contributed by atoms with Crippen molar-refractivity contribution in [2.24, 2.45) is 4.99 Å². The molecule has 0 aliphatic carbocycles. The molecule has 10 nitrogen and oxygen atoms in total. The lowest BCUT2D eigenvalue weighted by molar-refractivity contribution is 0.0623. The molecular formula is C18H15Cl2N7O3. The minimum absolute atomic E-state index is 0.178. The highest BCUT2D eigenvalue weighted by molar-refractivity contribution is 6.37. The SMILES string of the molecule is COC1(Nc2nccc3nn(-c4c(Cl)cccc4Cl)cc23)C=C(NC(=O)O)NC=N1. The maximum atomic E-state index is 10.9. The number of rotatable bonds is 5. The van der Waals surface area contributed by atoms with Gasteiger partial charge in [0.25, 0.3) is 5.85 Å². The molecule has 3 heterocycles. The van der Waals surface area contributed by atoms with Crippen molar-refractivity contribution >= 4 is 52.4 Å². The number of nitrogens with one attached hydrogen (secondary N) is 3. The summed E-state index contributed by atoms with van der Waals surface area (Å²) in [5.74, 6) is -0.805. The zero-order valence-electron chi connectivity index (χ0n) is 15.4. The van der Waals surface area contributed by atoms with E-state index in [1.165, 1.54) is 19.5 Å². The number of benzene rings is 1. The molecule has 1 atom stereocenters. The van der Waals surface area contributed by atoms with Gasteiger partial charge in [0.2, 0.25) is 0 Å². The predicted octanol–water partition coefficient (Wildman–Crippen LogP) is 3.18. The fourth-order valence-electron chi connectivity index (χ4n) is 2.93. The number of fused-ring (bicyclic) bond motifs is 1. The first-order valence-electron chi connectivity index (χ1n) is 8.56. The third kappa shape index (κ3) is 3.75. The number of halogens is 2. The molecule has 4 N–H and O–H groups in total. The van der Waals surface area contributed by atoms with E-state index in [0.29, 0.717) is 32.5 Å². The average molecular weight is 448 g/mol. The van der Waals surface area contributed by atoms with E-state index in [1.807, 2.05) is 0 Å². The van der Waals surface area contributed by atoms with Gasteiger partial charge in [0, 0.05) is 25.6 Å². The molecule has 1 amide bonds. The first kappa shape index (κ1) is 20.0. The maximum Gasteiger partial charge on any atom is 0.410 e. The largest absolute Gasteiger partial charge is 0.465 e. The average Bonchev–Trinajstić information content (AvgIpc) is 3.12. The summed E-state index contributed by atoms with van der Waals surface area (Å²) in [6.45, 7) is 0. The molecule has 1 unspecified atom stereocenters. The van der Waals surface area contributed by atoms with Gasteiger partial charge in [0.1, 0.15) is 17.3 Å². The van der Waals surface area contributed by atoms with Crippen LogP contribution >= 0.6 is 23.2 Å². The first-order valence-corrected chi connectivity index (χ1v) is 9.31. The van der Waals surface area contributed by atoms with Crippen LogP contribution in [0.15, 0.2) is 53.5 Å².